The molecule has 33 heavy (non-hydrogen) atoms. The monoisotopic (exact) mass is 452 g/mol. The van der Waals surface area contributed by atoms with E-state index in [2.05, 4.69) is 5.32 Å². The predicted molar refractivity (Wildman–Crippen MR) is 120 cm³/mol. The van der Waals surface area contributed by atoms with E-state index < -0.39 is 11.9 Å². The van der Waals surface area contributed by atoms with Crippen molar-refractivity contribution in [1.82, 2.24) is 4.57 Å². The number of carbonyl (C=O) groups excluding carboxylic acids is 1. The number of carbonyl (C=O) groups is 2. The van der Waals surface area contributed by atoms with Crippen LogP contribution in [0.3, 0.4) is 0 Å². The molecule has 0 radical (unpaired) electrons. The summed E-state index contributed by atoms with van der Waals surface area (Å²) in [5.74, 6) is 0.105. The number of methoxy groups -OCH3 is 4. The van der Waals surface area contributed by atoms with Gasteiger partial charge in [-0.15, -0.1) is 0 Å². The maximum absolute atomic E-state index is 12.7. The third-order valence-corrected chi connectivity index (χ3v) is 5.71. The van der Waals surface area contributed by atoms with E-state index >= 15 is 0 Å². The van der Waals surface area contributed by atoms with Crippen LogP contribution in [0.4, 0.5) is 5.69 Å². The number of carboxylic acid groups (broad SMARTS) is 1. The predicted octanol–water partition coefficient (Wildman–Crippen LogP) is 3.68. The third-order valence-electron chi connectivity index (χ3n) is 5.71. The van der Waals surface area contributed by atoms with Crippen LogP contribution in [0.5, 0.6) is 23.0 Å². The second-order valence-corrected chi connectivity index (χ2v) is 7.40. The minimum absolute atomic E-state index is 0.0326. The number of ether oxygens (including phenoxy) is 4. The summed E-state index contributed by atoms with van der Waals surface area (Å²) in [6.07, 6.45) is 1.57. The molecular weight excluding hydrogens is 428 g/mol. The van der Waals surface area contributed by atoms with E-state index in [1.54, 1.807) is 42.0 Å². The maximum atomic E-state index is 12.7. The van der Waals surface area contributed by atoms with Crippen LogP contribution in [0, 0.1) is 0 Å². The molecule has 9 nitrogen and oxygen atoms in total. The Balaban J connectivity index is 2.04. The quantitative estimate of drug-likeness (QED) is 0.563. The highest BCUT2D eigenvalue weighted by Crippen LogP contribution is 2.47. The van der Waals surface area contributed by atoms with Crippen molar-refractivity contribution in [2.24, 2.45) is 0 Å². The maximum Gasteiger partial charge on any atom is 0.339 e. The van der Waals surface area contributed by atoms with Gasteiger partial charge in [0.2, 0.25) is 5.91 Å². The lowest BCUT2D eigenvalue weighted by Gasteiger charge is -2.28. The van der Waals surface area contributed by atoms with Gasteiger partial charge in [-0.1, -0.05) is 12.1 Å². The fourth-order valence-corrected chi connectivity index (χ4v) is 4.26. The lowest BCUT2D eigenvalue weighted by atomic mass is 9.87. The molecule has 0 fully saturated rings. The van der Waals surface area contributed by atoms with Gasteiger partial charge in [-0.05, 0) is 18.2 Å². The highest BCUT2D eigenvalue weighted by molar-refractivity contribution is 6.04. The molecule has 172 valence electrons. The SMILES string of the molecule is COc1ccc(OC)c(-n2cc(C(=O)O)c3c2[C@@H](c2cccc(OC)c2OC)CC(=O)N3)c1. The number of fused-ring (bicyclic) bond motifs is 1. The van der Waals surface area contributed by atoms with E-state index in [1.165, 1.54) is 27.5 Å². The van der Waals surface area contributed by atoms with Crippen molar-refractivity contribution in [3.63, 3.8) is 0 Å². The summed E-state index contributed by atoms with van der Waals surface area (Å²) in [6.45, 7) is 0. The van der Waals surface area contributed by atoms with Gasteiger partial charge in [0.15, 0.2) is 11.5 Å². The fraction of sp³-hybridized carbons (Fsp3) is 0.250. The van der Waals surface area contributed by atoms with Gasteiger partial charge in [-0.3, -0.25) is 4.79 Å². The van der Waals surface area contributed by atoms with Crippen LogP contribution in [0.25, 0.3) is 5.69 Å². The molecule has 4 rings (SSSR count). The van der Waals surface area contributed by atoms with Crippen LogP contribution in [0.2, 0.25) is 0 Å². The second kappa shape index (κ2) is 8.78. The van der Waals surface area contributed by atoms with Crippen LogP contribution in [-0.2, 0) is 4.79 Å². The minimum atomic E-state index is -1.16. The molecular formula is C24H24N2O7. The number of aromatic carboxylic acids is 1. The Kier molecular flexibility index (Phi) is 5.87. The van der Waals surface area contributed by atoms with Gasteiger partial charge in [0.25, 0.3) is 0 Å². The summed E-state index contributed by atoms with van der Waals surface area (Å²) in [5, 5.41) is 12.6. The lowest BCUT2D eigenvalue weighted by Crippen LogP contribution is -2.26. The van der Waals surface area contributed by atoms with E-state index in [4.69, 9.17) is 18.9 Å². The number of anilines is 1. The molecule has 3 aromatic rings. The first kappa shape index (κ1) is 22.1. The Hall–Kier alpha value is -4.14. The molecule has 2 aromatic carbocycles. The van der Waals surface area contributed by atoms with Crippen molar-refractivity contribution in [2.75, 3.05) is 33.8 Å². The van der Waals surface area contributed by atoms with E-state index in [-0.39, 0.29) is 23.6 Å². The van der Waals surface area contributed by atoms with E-state index in [0.29, 0.717) is 39.9 Å². The first-order chi connectivity index (χ1) is 15.9. The molecule has 0 saturated carbocycles. The van der Waals surface area contributed by atoms with Crippen molar-refractivity contribution >= 4 is 17.6 Å². The molecule has 1 aliphatic heterocycles. The van der Waals surface area contributed by atoms with Crippen molar-refractivity contribution in [3.8, 4) is 28.7 Å². The molecule has 0 saturated heterocycles. The average Bonchev–Trinajstić information content (AvgIpc) is 3.21. The van der Waals surface area contributed by atoms with Gasteiger partial charge in [-0.2, -0.15) is 0 Å². The average molecular weight is 452 g/mol. The number of hydrogen-bond acceptors (Lipinski definition) is 6. The third kappa shape index (κ3) is 3.71. The van der Waals surface area contributed by atoms with Crippen LogP contribution in [0.1, 0.15) is 34.0 Å². The summed E-state index contributed by atoms with van der Waals surface area (Å²) in [7, 11) is 6.14. The van der Waals surface area contributed by atoms with E-state index in [0.717, 1.165) is 0 Å². The number of nitrogens with one attached hydrogen (secondary N) is 1. The molecule has 2 N–H and O–H groups in total. The number of nitrogens with zero attached hydrogens (tertiary/aromatic N) is 1. The Bertz CT molecular complexity index is 1230. The Morgan fingerprint density at radius 1 is 1.03 bits per heavy atom. The highest BCUT2D eigenvalue weighted by atomic mass is 16.5. The molecule has 1 amide bonds. The van der Waals surface area contributed by atoms with Crippen LogP contribution in [0.15, 0.2) is 42.6 Å². The van der Waals surface area contributed by atoms with Gasteiger partial charge >= 0.3 is 5.97 Å². The number of amides is 1. The number of aromatic nitrogens is 1. The Morgan fingerprint density at radius 3 is 2.42 bits per heavy atom. The zero-order valence-corrected chi connectivity index (χ0v) is 18.7. The molecule has 0 spiro atoms. The van der Waals surface area contributed by atoms with Crippen LogP contribution >= 0.6 is 0 Å². The number of hydrogen-bond donors (Lipinski definition) is 2. The molecule has 0 aliphatic carbocycles. The molecule has 2 heterocycles. The molecule has 1 aromatic heterocycles. The van der Waals surface area contributed by atoms with Gasteiger partial charge in [0.05, 0.1) is 45.5 Å². The molecule has 1 atom stereocenters. The Morgan fingerprint density at radius 2 is 1.79 bits per heavy atom. The van der Waals surface area contributed by atoms with Crippen LogP contribution in [-0.4, -0.2) is 50.0 Å². The lowest BCUT2D eigenvalue weighted by molar-refractivity contribution is -0.116. The standard InChI is InChI=1S/C24H24N2O7/c1-30-13-8-9-18(31-2)17(10-13)26-12-16(24(28)29)21-22(26)15(11-20(27)25-21)14-6-5-7-19(32-3)23(14)33-4/h5-10,12,15H,11H2,1-4H3,(H,25,27)(H,28,29)/t15-/m1/s1. The zero-order chi connectivity index (χ0) is 23.7. The largest absolute Gasteiger partial charge is 0.497 e. The van der Waals surface area contributed by atoms with Crippen molar-refractivity contribution in [2.45, 2.75) is 12.3 Å². The number of rotatable bonds is 7. The summed E-state index contributed by atoms with van der Waals surface area (Å²) < 4.78 is 23.7. The van der Waals surface area contributed by atoms with Crippen molar-refractivity contribution in [1.29, 1.82) is 0 Å². The first-order valence-electron chi connectivity index (χ1n) is 10.1. The van der Waals surface area contributed by atoms with E-state index in [9.17, 15) is 14.7 Å². The zero-order valence-electron chi connectivity index (χ0n) is 18.7. The summed E-state index contributed by atoms with van der Waals surface area (Å²) in [5.41, 5.74) is 2.06. The molecule has 0 bridgehead atoms. The molecule has 0 unspecified atom stereocenters. The van der Waals surface area contributed by atoms with Crippen molar-refractivity contribution in [3.05, 3.63) is 59.4 Å². The van der Waals surface area contributed by atoms with Gasteiger partial charge in [-0.25, -0.2) is 4.79 Å². The molecule has 1 aliphatic rings. The molecule has 9 heteroatoms. The van der Waals surface area contributed by atoms with Gasteiger partial charge in [0, 0.05) is 30.2 Å². The highest BCUT2D eigenvalue weighted by Gasteiger charge is 2.36. The fourth-order valence-electron chi connectivity index (χ4n) is 4.26. The van der Waals surface area contributed by atoms with Gasteiger partial charge in [0.1, 0.15) is 17.1 Å². The Labute approximate surface area is 190 Å². The first-order valence-corrected chi connectivity index (χ1v) is 10.1. The number of para-hydroxylation sites is 1. The summed E-state index contributed by atoms with van der Waals surface area (Å²) in [4.78, 5) is 24.8. The van der Waals surface area contributed by atoms with E-state index in [1.807, 2.05) is 6.07 Å². The van der Waals surface area contributed by atoms with Gasteiger partial charge < -0.3 is 33.9 Å². The second-order valence-electron chi connectivity index (χ2n) is 7.40. The van der Waals surface area contributed by atoms with Crippen molar-refractivity contribution < 1.29 is 33.6 Å². The normalized spacial score (nSPS) is 14.8. The number of carboxylic acids is 1. The minimum Gasteiger partial charge on any atom is -0.497 e. The summed E-state index contributed by atoms with van der Waals surface area (Å²) in [6, 6.07) is 10.7. The van der Waals surface area contributed by atoms with Crippen LogP contribution < -0.4 is 24.3 Å². The smallest absolute Gasteiger partial charge is 0.339 e. The topological polar surface area (TPSA) is 108 Å². The summed E-state index contributed by atoms with van der Waals surface area (Å²) >= 11 is 0. The number of benzene rings is 2.